The number of aliphatic hydroxyl groups is 3. The fourth-order valence-electron chi connectivity index (χ4n) is 1.73. The van der Waals surface area contributed by atoms with Crippen LogP contribution < -0.4 is 11.4 Å². The molecule has 2 rings (SSSR count). The van der Waals surface area contributed by atoms with Crippen LogP contribution in [0.2, 0.25) is 0 Å². The molecule has 1 aromatic heterocycles. The lowest BCUT2D eigenvalue weighted by atomic mass is 10.1. The summed E-state index contributed by atoms with van der Waals surface area (Å²) in [5.41, 5.74) is 4.77. The largest absolute Gasteiger partial charge is 0.395 e. The highest BCUT2D eigenvalue weighted by molar-refractivity contribution is 8.00. The summed E-state index contributed by atoms with van der Waals surface area (Å²) in [6, 6.07) is 1.44. The average Bonchev–Trinajstić information content (AvgIpc) is 2.57. The Labute approximate surface area is 101 Å². The van der Waals surface area contributed by atoms with Gasteiger partial charge in [-0.15, -0.1) is 11.8 Å². The van der Waals surface area contributed by atoms with Gasteiger partial charge in [-0.2, -0.15) is 4.98 Å². The zero-order valence-corrected chi connectivity index (χ0v) is 9.62. The number of nitrogens with two attached hydrogens (primary N) is 1. The number of anilines is 1. The predicted molar refractivity (Wildman–Crippen MR) is 62.4 cm³/mol. The van der Waals surface area contributed by atoms with E-state index in [0.717, 1.165) is 11.8 Å². The summed E-state index contributed by atoms with van der Waals surface area (Å²) >= 11 is 1.13. The van der Waals surface area contributed by atoms with Crippen LogP contribution in [-0.4, -0.2) is 48.9 Å². The molecule has 1 fully saturated rings. The van der Waals surface area contributed by atoms with Gasteiger partial charge >= 0.3 is 5.69 Å². The monoisotopic (exact) mass is 259 g/mol. The number of aliphatic hydroxyl groups excluding tert-OH is 3. The highest BCUT2D eigenvalue weighted by Gasteiger charge is 2.43. The van der Waals surface area contributed by atoms with Crippen LogP contribution in [0, 0.1) is 0 Å². The molecule has 0 aliphatic carbocycles. The number of aromatic nitrogens is 2. The molecule has 0 unspecified atom stereocenters. The molecule has 0 amide bonds. The van der Waals surface area contributed by atoms with Crippen LogP contribution in [-0.2, 0) is 0 Å². The van der Waals surface area contributed by atoms with Gasteiger partial charge in [0.1, 0.15) is 17.3 Å². The Hall–Kier alpha value is -1.09. The maximum absolute atomic E-state index is 11.6. The Morgan fingerprint density at radius 3 is 2.71 bits per heavy atom. The number of thioether (sulfide) groups is 1. The molecule has 0 aromatic carbocycles. The first-order chi connectivity index (χ1) is 8.04. The third-order valence-corrected chi connectivity index (χ3v) is 4.21. The molecule has 2 heterocycles. The van der Waals surface area contributed by atoms with Crippen molar-refractivity contribution in [3.8, 4) is 0 Å². The van der Waals surface area contributed by atoms with E-state index < -0.39 is 28.5 Å². The third-order valence-electron chi connectivity index (χ3n) is 2.64. The van der Waals surface area contributed by atoms with Gasteiger partial charge in [0.05, 0.1) is 18.0 Å². The summed E-state index contributed by atoms with van der Waals surface area (Å²) in [4.78, 5) is 15.1. The first-order valence-corrected chi connectivity index (χ1v) is 5.96. The van der Waals surface area contributed by atoms with Crippen molar-refractivity contribution in [2.24, 2.45) is 0 Å². The van der Waals surface area contributed by atoms with Crippen molar-refractivity contribution in [3.05, 3.63) is 22.7 Å². The molecule has 0 saturated carbocycles. The topological polar surface area (TPSA) is 122 Å². The summed E-state index contributed by atoms with van der Waals surface area (Å²) in [6.07, 6.45) is -0.780. The van der Waals surface area contributed by atoms with Gasteiger partial charge < -0.3 is 21.1 Å². The van der Waals surface area contributed by atoms with Crippen molar-refractivity contribution in [2.45, 2.75) is 22.8 Å². The lowest BCUT2D eigenvalue weighted by Gasteiger charge is -2.17. The van der Waals surface area contributed by atoms with Crippen LogP contribution in [0.3, 0.4) is 0 Å². The minimum atomic E-state index is -1.12. The van der Waals surface area contributed by atoms with Crippen LogP contribution in [0.4, 0.5) is 5.82 Å². The summed E-state index contributed by atoms with van der Waals surface area (Å²) < 4.78 is 1.20. The summed E-state index contributed by atoms with van der Waals surface area (Å²) in [6.45, 7) is -0.267. The first-order valence-electron chi connectivity index (χ1n) is 5.01. The molecule has 4 atom stereocenters. The van der Waals surface area contributed by atoms with Gasteiger partial charge in [0.25, 0.3) is 0 Å². The first kappa shape index (κ1) is 12.4. The van der Waals surface area contributed by atoms with E-state index in [1.165, 1.54) is 16.8 Å². The number of nitrogen functional groups attached to an aromatic ring is 1. The lowest BCUT2D eigenvalue weighted by molar-refractivity contribution is 0.0101. The fraction of sp³-hybridized carbons (Fsp3) is 0.556. The summed E-state index contributed by atoms with van der Waals surface area (Å²) in [5, 5.41) is 27.3. The van der Waals surface area contributed by atoms with E-state index in [-0.39, 0.29) is 12.4 Å². The van der Waals surface area contributed by atoms with Gasteiger partial charge in [0.15, 0.2) is 0 Å². The molecule has 1 aliphatic rings. The van der Waals surface area contributed by atoms with Gasteiger partial charge in [0.2, 0.25) is 0 Å². The van der Waals surface area contributed by atoms with E-state index in [2.05, 4.69) is 4.98 Å². The molecule has 0 bridgehead atoms. The number of rotatable bonds is 2. The summed E-state index contributed by atoms with van der Waals surface area (Å²) in [5.74, 6) is 0.1000. The maximum atomic E-state index is 11.6. The predicted octanol–water partition coefficient (Wildman–Crippen LogP) is -1.85. The van der Waals surface area contributed by atoms with Crippen molar-refractivity contribution in [1.29, 1.82) is 0 Å². The molecule has 5 N–H and O–H groups in total. The van der Waals surface area contributed by atoms with E-state index in [0.29, 0.717) is 0 Å². The second-order valence-electron chi connectivity index (χ2n) is 3.77. The molecule has 94 valence electrons. The second kappa shape index (κ2) is 4.65. The maximum Gasteiger partial charge on any atom is 0.350 e. The van der Waals surface area contributed by atoms with Crippen molar-refractivity contribution in [3.63, 3.8) is 0 Å². The Morgan fingerprint density at radius 1 is 1.47 bits per heavy atom. The Balaban J connectivity index is 2.32. The SMILES string of the molecule is Nc1ccn([C@@H]2S[C@H](CO)[C@@H](O)[C@@H]2O)c(=O)n1. The number of hydrogen-bond acceptors (Lipinski definition) is 7. The number of hydrogen-bond donors (Lipinski definition) is 4. The minimum Gasteiger partial charge on any atom is -0.395 e. The zero-order valence-electron chi connectivity index (χ0n) is 8.80. The Bertz CT molecular complexity index is 466. The normalized spacial score (nSPS) is 32.9. The van der Waals surface area contributed by atoms with Gasteiger partial charge in [-0.3, -0.25) is 4.57 Å². The fourth-order valence-corrected chi connectivity index (χ4v) is 3.11. The van der Waals surface area contributed by atoms with E-state index >= 15 is 0 Å². The van der Waals surface area contributed by atoms with Crippen LogP contribution in [0.25, 0.3) is 0 Å². The van der Waals surface area contributed by atoms with E-state index in [9.17, 15) is 15.0 Å². The van der Waals surface area contributed by atoms with Crippen molar-refractivity contribution < 1.29 is 15.3 Å². The Morgan fingerprint density at radius 2 is 2.18 bits per heavy atom. The van der Waals surface area contributed by atoms with Crippen LogP contribution in [0.15, 0.2) is 17.1 Å². The smallest absolute Gasteiger partial charge is 0.350 e. The van der Waals surface area contributed by atoms with Crippen molar-refractivity contribution in [1.82, 2.24) is 9.55 Å². The highest BCUT2D eigenvalue weighted by atomic mass is 32.2. The van der Waals surface area contributed by atoms with Crippen molar-refractivity contribution >= 4 is 17.6 Å². The van der Waals surface area contributed by atoms with Crippen LogP contribution in [0.5, 0.6) is 0 Å². The molecule has 0 spiro atoms. The van der Waals surface area contributed by atoms with Gasteiger partial charge in [-0.25, -0.2) is 4.79 Å². The molecular weight excluding hydrogens is 246 g/mol. The van der Waals surface area contributed by atoms with Crippen LogP contribution in [0.1, 0.15) is 5.37 Å². The molecule has 7 nitrogen and oxygen atoms in total. The standard InChI is InChI=1S/C9H13N3O4S/c10-5-1-2-12(9(16)11-5)8-7(15)6(14)4(3-13)17-8/h1-2,4,6-8,13-15H,3H2,(H2,10,11,16)/t4-,6-,7+,8-/m1/s1. The van der Waals surface area contributed by atoms with Gasteiger partial charge in [0, 0.05) is 6.20 Å². The summed E-state index contributed by atoms with van der Waals surface area (Å²) in [7, 11) is 0. The van der Waals surface area contributed by atoms with Crippen molar-refractivity contribution in [2.75, 3.05) is 12.3 Å². The molecule has 8 heteroatoms. The van der Waals surface area contributed by atoms with E-state index in [1.54, 1.807) is 0 Å². The average molecular weight is 259 g/mol. The van der Waals surface area contributed by atoms with Gasteiger partial charge in [-0.1, -0.05) is 0 Å². The zero-order chi connectivity index (χ0) is 12.6. The van der Waals surface area contributed by atoms with E-state index in [4.69, 9.17) is 10.8 Å². The Kier molecular flexibility index (Phi) is 3.38. The molecule has 1 aliphatic heterocycles. The quantitative estimate of drug-likeness (QED) is 0.492. The molecule has 17 heavy (non-hydrogen) atoms. The van der Waals surface area contributed by atoms with E-state index in [1.807, 2.05) is 0 Å². The lowest BCUT2D eigenvalue weighted by Crippen LogP contribution is -2.36. The molecule has 0 radical (unpaired) electrons. The molecule has 1 saturated heterocycles. The third kappa shape index (κ3) is 2.16. The van der Waals surface area contributed by atoms with Crippen LogP contribution >= 0.6 is 11.8 Å². The minimum absolute atomic E-state index is 0.1000. The molecule has 1 aromatic rings. The second-order valence-corrected chi connectivity index (χ2v) is 5.13. The highest BCUT2D eigenvalue weighted by Crippen LogP contribution is 2.40. The molecular formula is C9H13N3O4S. The number of nitrogens with zero attached hydrogens (tertiary/aromatic N) is 2. The van der Waals surface area contributed by atoms with Gasteiger partial charge in [-0.05, 0) is 6.07 Å².